The Bertz CT molecular complexity index is 503. The molecule has 0 bridgehead atoms. The van der Waals surface area contributed by atoms with Crippen LogP contribution in [0.15, 0.2) is 12.7 Å². The van der Waals surface area contributed by atoms with E-state index < -0.39 is 0 Å². The van der Waals surface area contributed by atoms with Gasteiger partial charge >= 0.3 is 6.01 Å². The van der Waals surface area contributed by atoms with Crippen molar-refractivity contribution >= 4 is 5.95 Å². The lowest BCUT2D eigenvalue weighted by Gasteiger charge is -2.07. The highest BCUT2D eigenvalue weighted by Gasteiger charge is 2.08. The predicted molar refractivity (Wildman–Crippen MR) is 66.3 cm³/mol. The SMILES string of the molecule is CCOCCOc1nc(NC)nc(-n2cncn2)n1. The Morgan fingerprint density at radius 2 is 2.16 bits per heavy atom. The van der Waals surface area contributed by atoms with Gasteiger partial charge in [-0.25, -0.2) is 4.98 Å². The molecule has 0 aliphatic rings. The zero-order valence-corrected chi connectivity index (χ0v) is 10.8. The van der Waals surface area contributed by atoms with Crippen molar-refractivity contribution in [1.82, 2.24) is 29.7 Å². The highest BCUT2D eigenvalue weighted by molar-refractivity contribution is 5.28. The van der Waals surface area contributed by atoms with Gasteiger partial charge in [0.15, 0.2) is 0 Å². The van der Waals surface area contributed by atoms with E-state index in [9.17, 15) is 0 Å². The summed E-state index contributed by atoms with van der Waals surface area (Å²) in [4.78, 5) is 16.2. The first-order valence-corrected chi connectivity index (χ1v) is 5.83. The fourth-order valence-corrected chi connectivity index (χ4v) is 1.27. The summed E-state index contributed by atoms with van der Waals surface area (Å²) in [5, 5.41) is 6.79. The normalized spacial score (nSPS) is 10.4. The van der Waals surface area contributed by atoms with E-state index in [4.69, 9.17) is 9.47 Å². The van der Waals surface area contributed by atoms with Crippen LogP contribution in [0.2, 0.25) is 0 Å². The Labute approximate surface area is 110 Å². The molecule has 0 radical (unpaired) electrons. The maximum absolute atomic E-state index is 5.40. The van der Waals surface area contributed by atoms with Gasteiger partial charge in [-0.2, -0.15) is 24.7 Å². The molecule has 0 fully saturated rings. The van der Waals surface area contributed by atoms with E-state index in [1.807, 2.05) is 6.92 Å². The minimum absolute atomic E-state index is 0.213. The van der Waals surface area contributed by atoms with E-state index in [1.165, 1.54) is 17.3 Å². The lowest BCUT2D eigenvalue weighted by atomic mass is 10.7. The molecule has 19 heavy (non-hydrogen) atoms. The van der Waals surface area contributed by atoms with Crippen LogP contribution in [0, 0.1) is 0 Å². The number of hydrogen-bond donors (Lipinski definition) is 1. The smallest absolute Gasteiger partial charge is 0.323 e. The molecule has 0 aliphatic heterocycles. The quantitative estimate of drug-likeness (QED) is 0.693. The van der Waals surface area contributed by atoms with Crippen molar-refractivity contribution in [2.24, 2.45) is 0 Å². The summed E-state index contributed by atoms with van der Waals surface area (Å²) in [6.45, 7) is 3.42. The number of nitrogens with one attached hydrogen (secondary N) is 1. The van der Waals surface area contributed by atoms with Crippen LogP contribution in [-0.4, -0.2) is 56.6 Å². The fourth-order valence-electron chi connectivity index (χ4n) is 1.27. The van der Waals surface area contributed by atoms with Gasteiger partial charge in [-0.1, -0.05) is 0 Å². The van der Waals surface area contributed by atoms with Gasteiger partial charge in [0.05, 0.1) is 6.61 Å². The van der Waals surface area contributed by atoms with E-state index in [0.29, 0.717) is 31.7 Å². The van der Waals surface area contributed by atoms with Crippen molar-refractivity contribution in [3.8, 4) is 12.0 Å². The molecule has 1 N–H and O–H groups in total. The van der Waals surface area contributed by atoms with Crippen LogP contribution in [0.1, 0.15) is 6.92 Å². The summed E-state index contributed by atoms with van der Waals surface area (Å²) in [5.41, 5.74) is 0. The maximum atomic E-state index is 5.40. The zero-order chi connectivity index (χ0) is 13.5. The zero-order valence-electron chi connectivity index (χ0n) is 10.8. The molecule has 0 aliphatic carbocycles. The first-order chi connectivity index (χ1) is 9.33. The van der Waals surface area contributed by atoms with Crippen LogP contribution in [0.4, 0.5) is 5.95 Å². The largest absolute Gasteiger partial charge is 0.461 e. The molecule has 0 atom stereocenters. The first kappa shape index (κ1) is 13.1. The molecule has 9 heteroatoms. The Balaban J connectivity index is 2.12. The third-order valence-corrected chi connectivity index (χ3v) is 2.11. The van der Waals surface area contributed by atoms with Gasteiger partial charge in [-0.05, 0) is 6.92 Å². The van der Waals surface area contributed by atoms with Gasteiger partial charge in [0, 0.05) is 13.7 Å². The summed E-state index contributed by atoms with van der Waals surface area (Å²) in [6, 6.07) is 0.213. The average molecular weight is 265 g/mol. The van der Waals surface area contributed by atoms with Crippen LogP contribution in [0.25, 0.3) is 5.95 Å². The number of anilines is 1. The molecule has 0 amide bonds. The van der Waals surface area contributed by atoms with Crippen molar-refractivity contribution < 1.29 is 9.47 Å². The summed E-state index contributed by atoms with van der Waals surface area (Å²) < 4.78 is 12.0. The van der Waals surface area contributed by atoms with Crippen molar-refractivity contribution in [2.75, 3.05) is 32.2 Å². The van der Waals surface area contributed by atoms with Crippen LogP contribution in [0.5, 0.6) is 6.01 Å². The Kier molecular flexibility index (Phi) is 4.56. The van der Waals surface area contributed by atoms with Crippen LogP contribution in [-0.2, 0) is 4.74 Å². The second-order valence-electron chi connectivity index (χ2n) is 3.38. The first-order valence-electron chi connectivity index (χ1n) is 5.83. The fraction of sp³-hybridized carbons (Fsp3) is 0.500. The van der Waals surface area contributed by atoms with E-state index in [0.717, 1.165) is 0 Å². The second kappa shape index (κ2) is 6.59. The number of hydrogen-bond acceptors (Lipinski definition) is 8. The van der Waals surface area contributed by atoms with Crippen LogP contribution < -0.4 is 10.1 Å². The Morgan fingerprint density at radius 1 is 1.26 bits per heavy atom. The molecule has 0 unspecified atom stereocenters. The summed E-state index contributed by atoms with van der Waals surface area (Å²) >= 11 is 0. The molecule has 2 heterocycles. The van der Waals surface area contributed by atoms with E-state index in [1.54, 1.807) is 7.05 Å². The monoisotopic (exact) mass is 265 g/mol. The van der Waals surface area contributed by atoms with E-state index in [2.05, 4.69) is 30.4 Å². The van der Waals surface area contributed by atoms with E-state index in [-0.39, 0.29) is 6.01 Å². The Hall–Kier alpha value is -2.29. The molecule has 2 rings (SSSR count). The van der Waals surface area contributed by atoms with Crippen molar-refractivity contribution in [3.63, 3.8) is 0 Å². The van der Waals surface area contributed by atoms with Crippen LogP contribution in [0.3, 0.4) is 0 Å². The molecule has 2 aromatic rings. The topological polar surface area (TPSA) is 99.9 Å². The molecule has 0 aromatic carbocycles. The number of aromatic nitrogens is 6. The molecule has 0 spiro atoms. The molecule has 9 nitrogen and oxygen atoms in total. The van der Waals surface area contributed by atoms with Crippen molar-refractivity contribution in [2.45, 2.75) is 6.92 Å². The van der Waals surface area contributed by atoms with Crippen molar-refractivity contribution in [3.05, 3.63) is 12.7 Å². The third-order valence-electron chi connectivity index (χ3n) is 2.11. The van der Waals surface area contributed by atoms with Gasteiger partial charge in [0.25, 0.3) is 5.95 Å². The van der Waals surface area contributed by atoms with Crippen molar-refractivity contribution in [1.29, 1.82) is 0 Å². The lowest BCUT2D eigenvalue weighted by Crippen LogP contribution is -2.12. The molecule has 0 saturated carbocycles. The van der Waals surface area contributed by atoms with Gasteiger partial charge in [-0.3, -0.25) is 0 Å². The molecule has 102 valence electrons. The minimum Gasteiger partial charge on any atom is -0.461 e. The van der Waals surface area contributed by atoms with Gasteiger partial charge in [0.1, 0.15) is 19.3 Å². The summed E-state index contributed by atoms with van der Waals surface area (Å²) in [6.07, 6.45) is 2.90. The minimum atomic E-state index is 0.213. The highest BCUT2D eigenvalue weighted by Crippen LogP contribution is 2.09. The molecular formula is C10H15N7O2. The highest BCUT2D eigenvalue weighted by atomic mass is 16.5. The molecule has 0 saturated heterocycles. The lowest BCUT2D eigenvalue weighted by molar-refractivity contribution is 0.106. The molecular weight excluding hydrogens is 250 g/mol. The summed E-state index contributed by atoms with van der Waals surface area (Å²) in [7, 11) is 1.71. The standard InChI is InChI=1S/C10H15N7O2/c1-3-18-4-5-19-10-15-8(11-2)14-9(16-10)17-7-12-6-13-17/h6-7H,3-5H2,1-2H3,(H,11,14,15,16). The molecule has 2 aromatic heterocycles. The van der Waals surface area contributed by atoms with E-state index >= 15 is 0 Å². The Morgan fingerprint density at radius 3 is 2.84 bits per heavy atom. The summed E-state index contributed by atoms with van der Waals surface area (Å²) in [5.74, 6) is 0.732. The number of ether oxygens (including phenoxy) is 2. The second-order valence-corrected chi connectivity index (χ2v) is 3.38. The third kappa shape index (κ3) is 3.58. The predicted octanol–water partition coefficient (Wildman–Crippen LogP) is -0.0907. The van der Waals surface area contributed by atoms with Gasteiger partial charge < -0.3 is 14.8 Å². The number of nitrogens with zero attached hydrogens (tertiary/aromatic N) is 6. The van der Waals surface area contributed by atoms with Gasteiger partial charge in [-0.15, -0.1) is 0 Å². The number of rotatable bonds is 7. The average Bonchev–Trinajstić information content (AvgIpc) is 2.97. The van der Waals surface area contributed by atoms with Crippen LogP contribution >= 0.6 is 0 Å². The van der Waals surface area contributed by atoms with Gasteiger partial charge in [0.2, 0.25) is 5.95 Å². The maximum Gasteiger partial charge on any atom is 0.323 e.